The molecule has 8 heteroatoms. The number of nitrogens with one attached hydrogen (secondary N) is 2. The van der Waals surface area contributed by atoms with E-state index in [1.54, 1.807) is 28.8 Å². The molecule has 0 saturated heterocycles. The molecule has 1 fully saturated rings. The molecule has 1 aliphatic carbocycles. The molecular weight excluding hydrogens is 375 g/mol. The Morgan fingerprint density at radius 1 is 1.10 bits per heavy atom. The lowest BCUT2D eigenvalue weighted by atomic mass is 9.93. The number of carbonyl (C=O) groups excluding carboxylic acids is 2. The van der Waals surface area contributed by atoms with Gasteiger partial charge in [-0.3, -0.25) is 14.0 Å². The summed E-state index contributed by atoms with van der Waals surface area (Å²) in [5, 5.41) is 15.0. The Bertz CT molecular complexity index is 1060. The van der Waals surface area contributed by atoms with Gasteiger partial charge < -0.3 is 15.7 Å². The molecule has 0 atom stereocenters. The van der Waals surface area contributed by atoms with Crippen molar-refractivity contribution in [2.75, 3.05) is 5.32 Å². The molecule has 0 radical (unpaired) electrons. The van der Waals surface area contributed by atoms with E-state index in [1.807, 2.05) is 0 Å². The molecule has 2 amide bonds. The maximum Gasteiger partial charge on any atom is 0.274 e. The van der Waals surface area contributed by atoms with Crippen molar-refractivity contribution in [2.24, 2.45) is 0 Å². The molecule has 0 bridgehead atoms. The summed E-state index contributed by atoms with van der Waals surface area (Å²) in [6.07, 6.45) is 5.49. The number of aliphatic hydroxyl groups excluding tert-OH is 1. The predicted octanol–water partition coefficient (Wildman–Crippen LogP) is 2.76. The quantitative estimate of drug-likeness (QED) is 0.632. The van der Waals surface area contributed by atoms with Gasteiger partial charge >= 0.3 is 0 Å². The van der Waals surface area contributed by atoms with Gasteiger partial charge in [-0.1, -0.05) is 6.07 Å². The predicted molar refractivity (Wildman–Crippen MR) is 105 cm³/mol. The summed E-state index contributed by atoms with van der Waals surface area (Å²) in [6, 6.07) is 9.17. The van der Waals surface area contributed by atoms with E-state index in [9.17, 15) is 19.1 Å². The van der Waals surface area contributed by atoms with E-state index in [1.165, 1.54) is 18.3 Å². The van der Waals surface area contributed by atoms with Gasteiger partial charge in [-0.05, 0) is 56.0 Å². The van der Waals surface area contributed by atoms with Crippen LogP contribution in [0.5, 0.6) is 0 Å². The van der Waals surface area contributed by atoms with Gasteiger partial charge in [-0.15, -0.1) is 0 Å². The Hall–Kier alpha value is -3.26. The fourth-order valence-corrected chi connectivity index (χ4v) is 3.54. The average molecular weight is 396 g/mol. The van der Waals surface area contributed by atoms with Crippen LogP contribution in [-0.2, 0) is 0 Å². The largest absolute Gasteiger partial charge is 0.393 e. The summed E-state index contributed by atoms with van der Waals surface area (Å²) in [5.41, 5.74) is 1.04. The van der Waals surface area contributed by atoms with Crippen LogP contribution >= 0.6 is 0 Å². The molecule has 1 aliphatic rings. The number of nitrogens with zero attached hydrogens (tertiary/aromatic N) is 2. The molecule has 1 saturated carbocycles. The second-order valence-electron chi connectivity index (χ2n) is 7.20. The molecule has 2 aromatic heterocycles. The standard InChI is InChI=1S/C21H21FN4O3/c22-16-9-4-13(20(28)24-14-5-7-15(27)8-6-14)11-17(16)25-21(29)18-12-23-19-3-1-2-10-26(18)19/h1-4,9-12,14-15,27H,5-8H2,(H,24,28)(H,25,29)/t14-,15+. The Morgan fingerprint density at radius 2 is 1.90 bits per heavy atom. The van der Waals surface area contributed by atoms with Crippen LogP contribution in [0.4, 0.5) is 10.1 Å². The number of amides is 2. The Balaban J connectivity index is 1.49. The van der Waals surface area contributed by atoms with Crippen molar-refractivity contribution < 1.29 is 19.1 Å². The van der Waals surface area contributed by atoms with Crippen molar-refractivity contribution in [3.8, 4) is 0 Å². The van der Waals surface area contributed by atoms with E-state index in [4.69, 9.17) is 0 Å². The Kier molecular flexibility index (Phi) is 5.26. The number of benzene rings is 1. The van der Waals surface area contributed by atoms with Crippen molar-refractivity contribution in [3.63, 3.8) is 0 Å². The second-order valence-corrected chi connectivity index (χ2v) is 7.20. The van der Waals surface area contributed by atoms with Crippen molar-refractivity contribution >= 4 is 23.1 Å². The fraction of sp³-hybridized carbons (Fsp3) is 0.286. The van der Waals surface area contributed by atoms with E-state index in [2.05, 4.69) is 15.6 Å². The van der Waals surface area contributed by atoms with Crippen LogP contribution in [0.15, 0.2) is 48.8 Å². The van der Waals surface area contributed by atoms with E-state index >= 15 is 0 Å². The van der Waals surface area contributed by atoms with Crippen molar-refractivity contribution in [3.05, 3.63) is 65.9 Å². The Morgan fingerprint density at radius 3 is 2.69 bits per heavy atom. The first kappa shape index (κ1) is 19.1. The van der Waals surface area contributed by atoms with Crippen LogP contribution in [0.25, 0.3) is 5.65 Å². The van der Waals surface area contributed by atoms with Gasteiger partial charge in [0.25, 0.3) is 11.8 Å². The summed E-state index contributed by atoms with van der Waals surface area (Å²) >= 11 is 0. The van der Waals surface area contributed by atoms with Crippen molar-refractivity contribution in [1.82, 2.24) is 14.7 Å². The molecule has 2 heterocycles. The van der Waals surface area contributed by atoms with Crippen LogP contribution in [0, 0.1) is 5.82 Å². The Labute approximate surface area is 166 Å². The summed E-state index contributed by atoms with van der Waals surface area (Å²) < 4.78 is 15.9. The van der Waals surface area contributed by atoms with E-state index in [0.717, 1.165) is 6.07 Å². The molecule has 4 rings (SSSR count). The molecular formula is C21H21FN4O3. The number of carbonyl (C=O) groups is 2. The number of aromatic nitrogens is 2. The molecule has 3 aromatic rings. The third-order valence-corrected chi connectivity index (χ3v) is 5.16. The molecule has 29 heavy (non-hydrogen) atoms. The number of pyridine rings is 1. The number of fused-ring (bicyclic) bond motifs is 1. The van der Waals surface area contributed by atoms with Crippen molar-refractivity contribution in [1.29, 1.82) is 0 Å². The van der Waals surface area contributed by atoms with Gasteiger partial charge in [0.2, 0.25) is 0 Å². The molecule has 0 aliphatic heterocycles. The number of imidazole rings is 1. The lowest BCUT2D eigenvalue weighted by Crippen LogP contribution is -2.38. The van der Waals surface area contributed by atoms with Gasteiger partial charge in [0.1, 0.15) is 17.2 Å². The maximum absolute atomic E-state index is 14.3. The minimum atomic E-state index is -0.635. The zero-order valence-electron chi connectivity index (χ0n) is 15.6. The van der Waals surface area contributed by atoms with Crippen LogP contribution in [-0.4, -0.2) is 38.5 Å². The van der Waals surface area contributed by atoms with E-state index < -0.39 is 11.7 Å². The third-order valence-electron chi connectivity index (χ3n) is 5.16. The van der Waals surface area contributed by atoms with E-state index in [-0.39, 0.29) is 35.0 Å². The second kappa shape index (κ2) is 8.00. The van der Waals surface area contributed by atoms with Crippen LogP contribution in [0.2, 0.25) is 0 Å². The van der Waals surface area contributed by atoms with Gasteiger partial charge in [0.05, 0.1) is 18.0 Å². The molecule has 0 spiro atoms. The molecule has 7 nitrogen and oxygen atoms in total. The summed E-state index contributed by atoms with van der Waals surface area (Å²) in [6.45, 7) is 0. The first-order valence-electron chi connectivity index (χ1n) is 9.53. The lowest BCUT2D eigenvalue weighted by Gasteiger charge is -2.26. The molecule has 0 unspecified atom stereocenters. The van der Waals surface area contributed by atoms with Crippen LogP contribution in [0.1, 0.15) is 46.5 Å². The summed E-state index contributed by atoms with van der Waals surface area (Å²) in [4.78, 5) is 29.3. The lowest BCUT2D eigenvalue weighted by molar-refractivity contribution is 0.0867. The van der Waals surface area contributed by atoms with E-state index in [0.29, 0.717) is 31.3 Å². The highest BCUT2D eigenvalue weighted by Gasteiger charge is 2.22. The number of anilines is 1. The molecule has 150 valence electrons. The van der Waals surface area contributed by atoms with Gasteiger partial charge in [0, 0.05) is 17.8 Å². The van der Waals surface area contributed by atoms with Gasteiger partial charge in [-0.25, -0.2) is 9.37 Å². The third kappa shape index (κ3) is 4.12. The highest BCUT2D eigenvalue weighted by atomic mass is 19.1. The van der Waals surface area contributed by atoms with Gasteiger partial charge in [0.15, 0.2) is 0 Å². The first-order chi connectivity index (χ1) is 14.0. The highest BCUT2D eigenvalue weighted by molar-refractivity contribution is 6.04. The minimum Gasteiger partial charge on any atom is -0.393 e. The minimum absolute atomic E-state index is 0.0212. The average Bonchev–Trinajstić information content (AvgIpc) is 3.15. The fourth-order valence-electron chi connectivity index (χ4n) is 3.54. The number of halogens is 1. The summed E-state index contributed by atoms with van der Waals surface area (Å²) in [7, 11) is 0. The highest BCUT2D eigenvalue weighted by Crippen LogP contribution is 2.21. The maximum atomic E-state index is 14.3. The van der Waals surface area contributed by atoms with Gasteiger partial charge in [-0.2, -0.15) is 0 Å². The first-order valence-corrected chi connectivity index (χ1v) is 9.53. The monoisotopic (exact) mass is 396 g/mol. The number of hydrogen-bond acceptors (Lipinski definition) is 4. The number of hydrogen-bond donors (Lipinski definition) is 3. The number of rotatable bonds is 4. The molecule has 1 aromatic carbocycles. The zero-order valence-corrected chi connectivity index (χ0v) is 15.6. The van der Waals surface area contributed by atoms with Crippen LogP contribution < -0.4 is 10.6 Å². The van der Waals surface area contributed by atoms with Crippen LogP contribution in [0.3, 0.4) is 0 Å². The summed E-state index contributed by atoms with van der Waals surface area (Å²) in [5.74, 6) is -1.50. The van der Waals surface area contributed by atoms with Crippen molar-refractivity contribution in [2.45, 2.75) is 37.8 Å². The molecule has 3 N–H and O–H groups in total. The normalized spacial score (nSPS) is 19.1. The SMILES string of the molecule is O=C(N[C@H]1CC[C@@H](O)CC1)c1ccc(F)c(NC(=O)c2cnc3ccccn23)c1. The zero-order chi connectivity index (χ0) is 20.4. The number of aliphatic hydroxyl groups is 1. The topological polar surface area (TPSA) is 95.7 Å². The smallest absolute Gasteiger partial charge is 0.274 e.